The minimum atomic E-state index is -1.89. The Morgan fingerprint density at radius 3 is 1.86 bits per heavy atom. The van der Waals surface area contributed by atoms with Crippen molar-refractivity contribution < 1.29 is 34.1 Å². The summed E-state index contributed by atoms with van der Waals surface area (Å²) in [7, 11) is 0. The molecule has 0 spiro atoms. The van der Waals surface area contributed by atoms with E-state index in [9.17, 15) is 19.5 Å². The molecule has 22 heavy (non-hydrogen) atoms. The van der Waals surface area contributed by atoms with E-state index in [1.54, 1.807) is 41.5 Å². The maximum absolute atomic E-state index is 11.9. The van der Waals surface area contributed by atoms with Crippen LogP contribution in [-0.4, -0.2) is 57.2 Å². The Bertz CT molecular complexity index is 423. The van der Waals surface area contributed by atoms with Gasteiger partial charge in [-0.2, -0.15) is 0 Å². The fourth-order valence-corrected chi connectivity index (χ4v) is 1.14. The van der Waals surface area contributed by atoms with Crippen LogP contribution in [0.15, 0.2) is 0 Å². The van der Waals surface area contributed by atoms with Crippen molar-refractivity contribution in [3.63, 3.8) is 0 Å². The Kier molecular flexibility index (Phi) is 6.63. The maximum Gasteiger partial charge on any atom is 0.429 e. The average Bonchev–Trinajstić information content (AvgIpc) is 2.22. The highest BCUT2D eigenvalue weighted by Crippen LogP contribution is 2.11. The van der Waals surface area contributed by atoms with Gasteiger partial charge in [0.1, 0.15) is 11.2 Å². The van der Waals surface area contributed by atoms with Gasteiger partial charge in [0.05, 0.1) is 6.54 Å². The van der Waals surface area contributed by atoms with Crippen LogP contribution in [0.2, 0.25) is 0 Å². The first kappa shape index (κ1) is 20.0. The minimum absolute atomic E-state index is 0.554. The molecule has 0 aliphatic heterocycles. The lowest BCUT2D eigenvalue weighted by molar-refractivity contribution is -0.147. The third-order valence-electron chi connectivity index (χ3n) is 1.88. The number of hydrazine groups is 1. The molecule has 3 N–H and O–H groups in total. The second kappa shape index (κ2) is 7.30. The summed E-state index contributed by atoms with van der Waals surface area (Å²) >= 11 is 0. The number of hydrogen-bond acceptors (Lipinski definition) is 6. The predicted octanol–water partition coefficient (Wildman–Crippen LogP) is 1.11. The fourth-order valence-electron chi connectivity index (χ4n) is 1.14. The fraction of sp³-hybridized carbons (Fsp3) is 0.769. The van der Waals surface area contributed by atoms with Gasteiger partial charge >= 0.3 is 18.2 Å². The summed E-state index contributed by atoms with van der Waals surface area (Å²) in [5, 5.41) is 18.6. The lowest BCUT2D eigenvalue weighted by Crippen LogP contribution is -2.53. The van der Waals surface area contributed by atoms with Crippen molar-refractivity contribution in [1.29, 1.82) is 0 Å². The van der Waals surface area contributed by atoms with Gasteiger partial charge in [0, 0.05) is 0 Å². The summed E-state index contributed by atoms with van der Waals surface area (Å²) in [6, 6.07) is 0. The monoisotopic (exact) mass is 320 g/mol. The van der Waals surface area contributed by atoms with Gasteiger partial charge in [-0.1, -0.05) is 0 Å². The number of carbonyl (C=O) groups excluding carboxylic acids is 2. The van der Waals surface area contributed by atoms with E-state index >= 15 is 0 Å². The molecular weight excluding hydrogens is 296 g/mol. The molecule has 128 valence electrons. The number of rotatable bonds is 3. The number of amides is 2. The topological polar surface area (TPSA) is 125 Å². The molecule has 0 radical (unpaired) electrons. The maximum atomic E-state index is 11.9. The summed E-state index contributed by atoms with van der Waals surface area (Å²) in [5.41, 5.74) is 0.384. The molecule has 0 rings (SSSR count). The second-order valence-electron chi connectivity index (χ2n) is 6.56. The highest BCUT2D eigenvalue weighted by Gasteiger charge is 2.29. The van der Waals surface area contributed by atoms with Crippen molar-refractivity contribution in [2.24, 2.45) is 0 Å². The van der Waals surface area contributed by atoms with Gasteiger partial charge < -0.3 is 19.7 Å². The summed E-state index contributed by atoms with van der Waals surface area (Å²) in [6.07, 6.45) is -3.88. The molecule has 0 bridgehead atoms. The number of aliphatic carboxylic acids is 1. The number of carboxylic acid groups (broad SMARTS) is 1. The van der Waals surface area contributed by atoms with Gasteiger partial charge in [-0.25, -0.2) is 24.8 Å². The van der Waals surface area contributed by atoms with Crippen LogP contribution in [-0.2, 0) is 14.3 Å². The Morgan fingerprint density at radius 2 is 1.50 bits per heavy atom. The van der Waals surface area contributed by atoms with E-state index in [0.29, 0.717) is 5.01 Å². The van der Waals surface area contributed by atoms with E-state index in [-0.39, 0.29) is 0 Å². The van der Waals surface area contributed by atoms with E-state index in [4.69, 9.17) is 14.6 Å². The van der Waals surface area contributed by atoms with Crippen LogP contribution in [0.5, 0.6) is 0 Å². The van der Waals surface area contributed by atoms with Crippen molar-refractivity contribution in [3.8, 4) is 0 Å². The van der Waals surface area contributed by atoms with Gasteiger partial charge in [-0.3, -0.25) is 0 Å². The van der Waals surface area contributed by atoms with Crippen molar-refractivity contribution >= 4 is 18.2 Å². The third kappa shape index (κ3) is 9.01. The number of nitrogens with one attached hydrogen (secondary N) is 1. The summed E-state index contributed by atoms with van der Waals surface area (Å²) in [5.74, 6) is -1.54. The molecule has 9 nitrogen and oxygen atoms in total. The zero-order valence-electron chi connectivity index (χ0n) is 13.7. The molecular formula is C13H24N2O7. The van der Waals surface area contributed by atoms with Crippen molar-refractivity contribution in [2.45, 2.75) is 58.8 Å². The lowest BCUT2D eigenvalue weighted by Gasteiger charge is -2.29. The van der Waals surface area contributed by atoms with Gasteiger partial charge in [0.25, 0.3) is 0 Å². The number of hydrogen-bond donors (Lipinski definition) is 3. The van der Waals surface area contributed by atoms with Crippen LogP contribution in [0, 0.1) is 0 Å². The van der Waals surface area contributed by atoms with Crippen molar-refractivity contribution in [2.75, 3.05) is 6.54 Å². The molecule has 9 heteroatoms. The highest BCUT2D eigenvalue weighted by molar-refractivity contribution is 5.76. The van der Waals surface area contributed by atoms with Gasteiger partial charge in [0.15, 0.2) is 6.10 Å². The molecule has 0 saturated carbocycles. The molecule has 0 aliphatic rings. The molecule has 0 aromatic carbocycles. The van der Waals surface area contributed by atoms with Gasteiger partial charge in [0.2, 0.25) is 0 Å². The third-order valence-corrected chi connectivity index (χ3v) is 1.88. The molecule has 0 aliphatic carbocycles. The lowest BCUT2D eigenvalue weighted by atomic mass is 10.2. The molecule has 1 atom stereocenters. The molecule has 0 saturated heterocycles. The van der Waals surface area contributed by atoms with Crippen LogP contribution in [0.25, 0.3) is 0 Å². The highest BCUT2D eigenvalue weighted by atomic mass is 16.6. The summed E-state index contributed by atoms with van der Waals surface area (Å²) < 4.78 is 9.99. The zero-order valence-corrected chi connectivity index (χ0v) is 13.7. The molecule has 2 amide bonds. The molecule has 0 heterocycles. The average molecular weight is 320 g/mol. The number of nitrogens with zero attached hydrogens (tertiary/aromatic N) is 1. The second-order valence-corrected chi connectivity index (χ2v) is 6.56. The molecule has 0 fully saturated rings. The van der Waals surface area contributed by atoms with Crippen LogP contribution in [0.1, 0.15) is 41.5 Å². The summed E-state index contributed by atoms with van der Waals surface area (Å²) in [4.78, 5) is 34.3. The van der Waals surface area contributed by atoms with Crippen LogP contribution in [0.3, 0.4) is 0 Å². The van der Waals surface area contributed by atoms with Crippen LogP contribution in [0.4, 0.5) is 9.59 Å². The minimum Gasteiger partial charge on any atom is -0.479 e. The summed E-state index contributed by atoms with van der Waals surface area (Å²) in [6.45, 7) is 8.98. The first-order valence-corrected chi connectivity index (χ1v) is 6.62. The Balaban J connectivity index is 4.97. The SMILES string of the molecule is CC(C)(C)OC(=O)NN(C[C@H](O)C(=O)O)C(=O)OC(C)(C)C. The Hall–Kier alpha value is -2.03. The van der Waals surface area contributed by atoms with E-state index in [1.165, 1.54) is 0 Å². The predicted molar refractivity (Wildman–Crippen MR) is 76.0 cm³/mol. The van der Waals surface area contributed by atoms with Crippen LogP contribution < -0.4 is 5.43 Å². The smallest absolute Gasteiger partial charge is 0.429 e. The molecule has 0 aromatic rings. The van der Waals surface area contributed by atoms with E-state index < -0.39 is 42.0 Å². The van der Waals surface area contributed by atoms with Crippen LogP contribution >= 0.6 is 0 Å². The molecule has 0 unspecified atom stereocenters. The standard InChI is InChI=1S/C13H24N2O7/c1-12(2,3)21-10(19)14-15(7-8(16)9(17)18)11(20)22-13(4,5)6/h8,16H,7H2,1-6H3,(H,14,19)(H,17,18)/t8-/m0/s1. The van der Waals surface area contributed by atoms with E-state index in [0.717, 1.165) is 0 Å². The van der Waals surface area contributed by atoms with Crippen molar-refractivity contribution in [1.82, 2.24) is 10.4 Å². The number of carboxylic acids is 1. The van der Waals surface area contributed by atoms with Gasteiger partial charge in [-0.15, -0.1) is 0 Å². The molecule has 0 aromatic heterocycles. The number of ether oxygens (including phenoxy) is 2. The van der Waals surface area contributed by atoms with Crippen molar-refractivity contribution in [3.05, 3.63) is 0 Å². The number of aliphatic hydroxyl groups excluding tert-OH is 1. The Morgan fingerprint density at radius 1 is 1.05 bits per heavy atom. The van der Waals surface area contributed by atoms with Gasteiger partial charge in [-0.05, 0) is 41.5 Å². The number of carbonyl (C=O) groups is 3. The Labute approximate surface area is 129 Å². The first-order chi connectivity index (χ1) is 9.71. The number of aliphatic hydroxyl groups is 1. The zero-order chi connectivity index (χ0) is 17.7. The van der Waals surface area contributed by atoms with E-state index in [1.807, 2.05) is 0 Å². The normalized spacial score (nSPS) is 13.0. The largest absolute Gasteiger partial charge is 0.479 e. The first-order valence-electron chi connectivity index (χ1n) is 6.62. The quantitative estimate of drug-likeness (QED) is 0.665. The van der Waals surface area contributed by atoms with E-state index in [2.05, 4.69) is 5.43 Å².